The first-order valence-corrected chi connectivity index (χ1v) is 8.25. The highest BCUT2D eigenvalue weighted by atomic mass is 79.9. The molecule has 0 spiro atoms. The van der Waals surface area contributed by atoms with E-state index < -0.39 is 5.97 Å². The molecule has 2 aromatic carbocycles. The summed E-state index contributed by atoms with van der Waals surface area (Å²) in [5.41, 5.74) is 2.59. The van der Waals surface area contributed by atoms with Crippen molar-refractivity contribution in [3.05, 3.63) is 63.9 Å². The zero-order valence-corrected chi connectivity index (χ0v) is 13.9. The molecule has 0 N–H and O–H groups in total. The van der Waals surface area contributed by atoms with E-state index in [4.69, 9.17) is 0 Å². The summed E-state index contributed by atoms with van der Waals surface area (Å²) in [5, 5.41) is 11.8. The lowest BCUT2D eigenvalue weighted by Crippen LogP contribution is -2.24. The van der Waals surface area contributed by atoms with Crippen LogP contribution in [0.15, 0.2) is 59.1 Å². The third-order valence-electron chi connectivity index (χ3n) is 3.14. The van der Waals surface area contributed by atoms with Crippen LogP contribution in [0.4, 0.5) is 0 Å². The number of nitrogens with zero attached hydrogens (tertiary/aromatic N) is 1. The zero-order valence-electron chi connectivity index (χ0n) is 11.5. The Hall–Kier alpha value is -1.98. The van der Waals surface area contributed by atoms with Gasteiger partial charge in [0, 0.05) is 32.9 Å². The van der Waals surface area contributed by atoms with Crippen LogP contribution >= 0.6 is 27.3 Å². The number of aliphatic carboxylic acids is 1. The number of rotatable bonds is 4. The molecule has 22 heavy (non-hydrogen) atoms. The van der Waals surface area contributed by atoms with Crippen LogP contribution in [0.3, 0.4) is 0 Å². The van der Waals surface area contributed by atoms with Crippen LogP contribution in [-0.2, 0) is 11.2 Å². The fraction of sp³-hybridized carbons (Fsp3) is 0.0588. The highest BCUT2D eigenvalue weighted by Crippen LogP contribution is 2.34. The lowest BCUT2D eigenvalue weighted by atomic mass is 10.1. The second-order valence-electron chi connectivity index (χ2n) is 4.71. The monoisotopic (exact) mass is 372 g/mol. The molecule has 3 nitrogen and oxygen atoms in total. The van der Waals surface area contributed by atoms with E-state index in [0.29, 0.717) is 10.6 Å². The summed E-state index contributed by atoms with van der Waals surface area (Å²) < 4.78 is 0.969. The van der Waals surface area contributed by atoms with E-state index in [9.17, 15) is 9.90 Å². The minimum absolute atomic E-state index is 0.129. The van der Waals surface area contributed by atoms with Crippen LogP contribution in [0.1, 0.15) is 4.88 Å². The van der Waals surface area contributed by atoms with E-state index >= 15 is 0 Å². The summed E-state index contributed by atoms with van der Waals surface area (Å²) >= 11 is 4.79. The van der Waals surface area contributed by atoms with Crippen molar-refractivity contribution in [2.75, 3.05) is 0 Å². The molecule has 0 saturated carbocycles. The normalized spacial score (nSPS) is 10.6. The molecule has 0 amide bonds. The van der Waals surface area contributed by atoms with E-state index in [0.717, 1.165) is 20.6 Å². The maximum absolute atomic E-state index is 11.0. The molecule has 0 bridgehead atoms. The van der Waals surface area contributed by atoms with Crippen molar-refractivity contribution >= 4 is 33.2 Å². The second-order valence-corrected chi connectivity index (χ2v) is 6.71. The maximum Gasteiger partial charge on any atom is 0.124 e. The van der Waals surface area contributed by atoms with Gasteiger partial charge in [0.2, 0.25) is 0 Å². The molecule has 1 heterocycles. The van der Waals surface area contributed by atoms with Gasteiger partial charge in [-0.1, -0.05) is 58.4 Å². The molecule has 0 atom stereocenters. The first kappa shape index (κ1) is 14.9. The van der Waals surface area contributed by atoms with Gasteiger partial charge in [0.05, 0.1) is 5.69 Å². The number of carbonyl (C=O) groups excluding carboxylic acids is 1. The third-order valence-corrected chi connectivity index (χ3v) is 4.77. The van der Waals surface area contributed by atoms with Gasteiger partial charge in [0.25, 0.3) is 0 Å². The lowest BCUT2D eigenvalue weighted by Gasteiger charge is -2.03. The summed E-state index contributed by atoms with van der Waals surface area (Å²) in [7, 11) is 0. The predicted octanol–water partition coefficient (Wildman–Crippen LogP) is 3.53. The molecule has 1 aromatic heterocycles. The molecule has 0 aliphatic rings. The minimum atomic E-state index is -1.10. The molecule has 0 saturated heterocycles. The Labute approximate surface area is 140 Å². The van der Waals surface area contributed by atoms with Crippen molar-refractivity contribution in [1.82, 2.24) is 4.98 Å². The molecule has 3 rings (SSSR count). The van der Waals surface area contributed by atoms with Crippen LogP contribution < -0.4 is 5.11 Å². The number of halogens is 1. The van der Waals surface area contributed by atoms with E-state index in [-0.39, 0.29) is 6.42 Å². The summed E-state index contributed by atoms with van der Waals surface area (Å²) in [6.07, 6.45) is -0.129. The number of carboxylic acids is 1. The molecule has 0 fully saturated rings. The van der Waals surface area contributed by atoms with Crippen molar-refractivity contribution in [1.29, 1.82) is 0 Å². The van der Waals surface area contributed by atoms with E-state index in [2.05, 4.69) is 20.9 Å². The van der Waals surface area contributed by atoms with Crippen molar-refractivity contribution < 1.29 is 9.90 Å². The maximum atomic E-state index is 11.0. The van der Waals surface area contributed by atoms with Gasteiger partial charge in [-0.2, -0.15) is 0 Å². The Bertz CT molecular complexity index is 797. The largest absolute Gasteiger partial charge is 0.550 e. The highest BCUT2D eigenvalue weighted by Gasteiger charge is 2.14. The van der Waals surface area contributed by atoms with Crippen LogP contribution in [0, 0.1) is 0 Å². The molecule has 0 radical (unpaired) electrons. The summed E-state index contributed by atoms with van der Waals surface area (Å²) in [4.78, 5) is 16.4. The number of aromatic nitrogens is 1. The smallest absolute Gasteiger partial charge is 0.124 e. The van der Waals surface area contributed by atoms with Gasteiger partial charge in [0.15, 0.2) is 0 Å². The Morgan fingerprint density at radius 3 is 2.36 bits per heavy atom. The summed E-state index contributed by atoms with van der Waals surface area (Å²) in [6.45, 7) is 0. The van der Waals surface area contributed by atoms with Crippen LogP contribution in [0.25, 0.3) is 21.8 Å². The quantitative estimate of drug-likeness (QED) is 0.703. The van der Waals surface area contributed by atoms with Crippen molar-refractivity contribution in [2.24, 2.45) is 0 Å². The molecule has 3 aromatic rings. The number of carboxylic acid groups (broad SMARTS) is 1. The van der Waals surface area contributed by atoms with Gasteiger partial charge in [-0.15, -0.1) is 11.3 Å². The van der Waals surface area contributed by atoms with Crippen LogP contribution in [-0.4, -0.2) is 11.0 Å². The molecule has 0 unspecified atom stereocenters. The number of carbonyl (C=O) groups is 1. The van der Waals surface area contributed by atoms with Gasteiger partial charge in [-0.3, -0.25) is 0 Å². The Morgan fingerprint density at radius 1 is 1.05 bits per heavy atom. The summed E-state index contributed by atoms with van der Waals surface area (Å²) in [5.74, 6) is -1.10. The molecule has 0 aliphatic carbocycles. The number of hydrogen-bond donors (Lipinski definition) is 0. The van der Waals surface area contributed by atoms with Gasteiger partial charge >= 0.3 is 0 Å². The second kappa shape index (κ2) is 6.42. The van der Waals surface area contributed by atoms with Gasteiger partial charge < -0.3 is 9.90 Å². The number of benzene rings is 2. The first-order chi connectivity index (χ1) is 10.6. The Morgan fingerprint density at radius 2 is 1.73 bits per heavy atom. The first-order valence-electron chi connectivity index (χ1n) is 6.64. The van der Waals surface area contributed by atoms with Gasteiger partial charge in [0.1, 0.15) is 5.01 Å². The average molecular weight is 373 g/mol. The average Bonchev–Trinajstić information content (AvgIpc) is 2.92. The van der Waals surface area contributed by atoms with Crippen molar-refractivity contribution in [3.63, 3.8) is 0 Å². The zero-order chi connectivity index (χ0) is 15.5. The SMILES string of the molecule is O=C([O-])Cc1sc(-c2ccccc2)nc1-c1ccc(Br)cc1. The Balaban J connectivity index is 2.09. The van der Waals surface area contributed by atoms with Crippen molar-refractivity contribution in [3.8, 4) is 21.8 Å². The van der Waals surface area contributed by atoms with Gasteiger partial charge in [-0.05, 0) is 12.1 Å². The standard InChI is InChI=1S/C17H12BrNO2S/c18-13-8-6-11(7-9-13)16-14(10-15(20)21)22-17(19-16)12-4-2-1-3-5-12/h1-9H,10H2,(H,20,21)/p-1. The molecular weight excluding hydrogens is 362 g/mol. The van der Waals surface area contributed by atoms with Gasteiger partial charge in [-0.25, -0.2) is 4.98 Å². The van der Waals surface area contributed by atoms with E-state index in [1.807, 2.05) is 54.6 Å². The molecule has 0 aliphatic heterocycles. The predicted molar refractivity (Wildman–Crippen MR) is 89.4 cm³/mol. The highest BCUT2D eigenvalue weighted by molar-refractivity contribution is 9.10. The number of thiazole rings is 1. The van der Waals surface area contributed by atoms with E-state index in [1.165, 1.54) is 11.3 Å². The van der Waals surface area contributed by atoms with Crippen LogP contribution in [0.2, 0.25) is 0 Å². The Kier molecular flexibility index (Phi) is 4.36. The van der Waals surface area contributed by atoms with E-state index in [1.54, 1.807) is 0 Å². The molecule has 5 heteroatoms. The van der Waals surface area contributed by atoms with Crippen LogP contribution in [0.5, 0.6) is 0 Å². The molecular formula is C17H11BrNO2S-. The molecule has 110 valence electrons. The van der Waals surface area contributed by atoms with Crippen molar-refractivity contribution in [2.45, 2.75) is 6.42 Å². The topological polar surface area (TPSA) is 53.0 Å². The lowest BCUT2D eigenvalue weighted by molar-refractivity contribution is -0.304. The summed E-state index contributed by atoms with van der Waals surface area (Å²) in [6, 6.07) is 17.4. The fourth-order valence-corrected chi connectivity index (χ4v) is 3.48. The fourth-order valence-electron chi connectivity index (χ4n) is 2.14. The third kappa shape index (κ3) is 3.26. The number of hydrogen-bond acceptors (Lipinski definition) is 4. The minimum Gasteiger partial charge on any atom is -0.550 e.